The van der Waals surface area contributed by atoms with Crippen LogP contribution in [0.2, 0.25) is 0 Å². The molecule has 0 nitrogen and oxygen atoms in total. The summed E-state index contributed by atoms with van der Waals surface area (Å²) >= 11 is 0. The Hall–Kier alpha value is -0.560. The highest BCUT2D eigenvalue weighted by molar-refractivity contribution is 5.02. The lowest BCUT2D eigenvalue weighted by Gasteiger charge is -2.39. The topological polar surface area (TPSA) is 0 Å². The molecule has 8 heteroatoms. The van der Waals surface area contributed by atoms with Crippen molar-refractivity contribution in [2.75, 3.05) is 0 Å². The third kappa shape index (κ3) is 21.5. The van der Waals surface area contributed by atoms with Gasteiger partial charge in [-0.25, -0.2) is 35.1 Å². The van der Waals surface area contributed by atoms with E-state index in [1.807, 2.05) is 27.7 Å². The van der Waals surface area contributed by atoms with Gasteiger partial charge in [-0.1, -0.05) is 69.2 Å². The molecule has 0 amide bonds. The van der Waals surface area contributed by atoms with Gasteiger partial charge in [-0.15, -0.1) is 0 Å². The molecule has 0 aromatic heterocycles. The normalized spacial score (nSPS) is 31.0. The minimum absolute atomic E-state index is 0.115. The van der Waals surface area contributed by atoms with Crippen LogP contribution < -0.4 is 0 Å². The van der Waals surface area contributed by atoms with Crippen LogP contribution in [0.15, 0.2) is 0 Å². The molecule has 0 aromatic rings. The van der Waals surface area contributed by atoms with E-state index in [0.717, 1.165) is 70.1 Å². The number of hydrogen-bond acceptors (Lipinski definition) is 0. The maximum Gasteiger partial charge on any atom is 0.251 e. The first kappa shape index (κ1) is 50.5. The van der Waals surface area contributed by atoms with Gasteiger partial charge in [0.25, 0.3) is 11.8 Å². The lowest BCUT2D eigenvalue weighted by Crippen LogP contribution is -2.37. The first-order chi connectivity index (χ1) is 23.9. The molecule has 3 atom stereocenters. The van der Waals surface area contributed by atoms with Gasteiger partial charge in [-0.3, -0.25) is 0 Å². The number of hydrogen-bond donors (Lipinski definition) is 0. The van der Waals surface area contributed by atoms with Gasteiger partial charge in [0.15, 0.2) is 0 Å². The van der Waals surface area contributed by atoms with E-state index in [2.05, 4.69) is 41.5 Å². The molecule has 5 fully saturated rings. The summed E-state index contributed by atoms with van der Waals surface area (Å²) in [6.45, 7) is 25.6. The van der Waals surface area contributed by atoms with Crippen molar-refractivity contribution in [2.45, 2.75) is 228 Å². The molecule has 5 rings (SSSR count). The molecule has 0 spiro atoms. The average Bonchev–Trinajstić information content (AvgIpc) is 3.80. The maximum atomic E-state index is 13.3. The fourth-order valence-electron chi connectivity index (χ4n) is 9.01. The van der Waals surface area contributed by atoms with Crippen LogP contribution in [0.1, 0.15) is 199 Å². The molecular weight excluding hydrogens is 692 g/mol. The third-order valence-corrected chi connectivity index (χ3v) is 11.8. The van der Waals surface area contributed by atoms with Gasteiger partial charge >= 0.3 is 0 Å². The van der Waals surface area contributed by atoms with E-state index in [4.69, 9.17) is 0 Å². The minimum Gasteiger partial charge on any atom is -0.244 e. The summed E-state index contributed by atoms with van der Waals surface area (Å²) < 4.78 is 102. The van der Waals surface area contributed by atoms with E-state index in [-0.39, 0.29) is 25.2 Å². The molecule has 53 heavy (non-hydrogen) atoms. The van der Waals surface area contributed by atoms with E-state index in [1.54, 1.807) is 13.8 Å². The second-order valence-corrected chi connectivity index (χ2v) is 21.0. The SMILES string of the molecule is CC(C)CC1(C(C)(F)F)CC1.CC(C)CC1CC(C)(F)C1.CC(C)CC1CC1(F)F.CC(C)CC1CCC(C)(F)C1.CC(C)CC1CCC(F)(F)CC1. The van der Waals surface area contributed by atoms with Crippen LogP contribution >= 0.6 is 0 Å². The van der Waals surface area contributed by atoms with Crippen LogP contribution in [0, 0.1) is 58.7 Å². The first-order valence-corrected chi connectivity index (χ1v) is 21.4. The molecule has 0 heterocycles. The van der Waals surface area contributed by atoms with Crippen molar-refractivity contribution in [1.29, 1.82) is 0 Å². The molecule has 5 saturated carbocycles. The summed E-state index contributed by atoms with van der Waals surface area (Å²) in [4.78, 5) is 0. The van der Waals surface area contributed by atoms with Crippen LogP contribution in [-0.2, 0) is 0 Å². The molecule has 3 unspecified atom stereocenters. The van der Waals surface area contributed by atoms with Gasteiger partial charge in [-0.2, -0.15) is 0 Å². The fraction of sp³-hybridized carbons (Fsp3) is 1.00. The van der Waals surface area contributed by atoms with Gasteiger partial charge in [-0.05, 0) is 158 Å². The van der Waals surface area contributed by atoms with Crippen molar-refractivity contribution >= 4 is 0 Å². The van der Waals surface area contributed by atoms with Gasteiger partial charge in [0.05, 0.1) is 0 Å². The number of alkyl halides is 8. The highest BCUT2D eigenvalue weighted by Gasteiger charge is 2.58. The van der Waals surface area contributed by atoms with Gasteiger partial charge in [0.2, 0.25) is 5.92 Å². The average molecular weight is 775 g/mol. The van der Waals surface area contributed by atoms with Crippen LogP contribution in [0.5, 0.6) is 0 Å². The van der Waals surface area contributed by atoms with E-state index in [9.17, 15) is 35.1 Å². The highest BCUT2D eigenvalue weighted by atomic mass is 19.3. The Kier molecular flexibility index (Phi) is 19.7. The summed E-state index contributed by atoms with van der Waals surface area (Å²) in [6, 6.07) is 0. The van der Waals surface area contributed by atoms with Crippen molar-refractivity contribution in [2.24, 2.45) is 58.7 Å². The maximum absolute atomic E-state index is 13.3. The molecule has 0 aliphatic heterocycles. The Labute approximate surface area is 321 Å². The second-order valence-electron chi connectivity index (χ2n) is 21.0. The first-order valence-electron chi connectivity index (χ1n) is 21.4. The Balaban J connectivity index is 0.000000332. The number of halogens is 8. The Morgan fingerprint density at radius 3 is 1.13 bits per heavy atom. The monoisotopic (exact) mass is 775 g/mol. The molecule has 0 aromatic carbocycles. The largest absolute Gasteiger partial charge is 0.251 e. The van der Waals surface area contributed by atoms with Crippen LogP contribution in [0.25, 0.3) is 0 Å². The van der Waals surface area contributed by atoms with Crippen LogP contribution in [-0.4, -0.2) is 29.1 Å². The molecule has 318 valence electrons. The van der Waals surface area contributed by atoms with Gasteiger partial charge in [0, 0.05) is 30.6 Å². The zero-order chi connectivity index (χ0) is 41.2. The predicted molar refractivity (Wildman–Crippen MR) is 209 cm³/mol. The zero-order valence-electron chi connectivity index (χ0n) is 36.2. The summed E-state index contributed by atoms with van der Waals surface area (Å²) in [7, 11) is 0. The highest BCUT2D eigenvalue weighted by Crippen LogP contribution is 2.60. The standard InChI is InChI=1S/C10H18F2.C10H19F.C9H16F2.C9H17F.C7H12F2/c1-8(2)7-9-3-5-10(11,12)6-4-9;1-8(2)6-9-4-5-10(3,11)7-9;1-7(2)6-9(4-5-9)8(3,10)11;1-7(2)4-8-5-9(3,10)6-8;1-5(2)3-6-4-7(6,8)9/h8-9H,3-7H2,1-2H3;8-9H,4-7H2,1-3H3;7H,4-6H2,1-3H3;7-8H,4-6H2,1-3H3;5-6H,3-4H2,1-2H3. The van der Waals surface area contributed by atoms with Crippen molar-refractivity contribution in [3.8, 4) is 0 Å². The fourth-order valence-corrected chi connectivity index (χ4v) is 9.01. The molecular formula is C45H82F8. The lowest BCUT2D eigenvalue weighted by molar-refractivity contribution is -0.0624. The number of rotatable bonds is 11. The molecule has 5 aliphatic carbocycles. The van der Waals surface area contributed by atoms with E-state index in [0.29, 0.717) is 61.2 Å². The Morgan fingerprint density at radius 1 is 0.491 bits per heavy atom. The van der Waals surface area contributed by atoms with Crippen molar-refractivity contribution in [3.05, 3.63) is 0 Å². The van der Waals surface area contributed by atoms with Gasteiger partial charge in [0.1, 0.15) is 11.3 Å². The van der Waals surface area contributed by atoms with Crippen molar-refractivity contribution in [3.63, 3.8) is 0 Å². The summed E-state index contributed by atoms with van der Waals surface area (Å²) in [5.74, 6) is -2.58. The molecule has 0 N–H and O–H groups in total. The molecule has 5 aliphatic rings. The predicted octanol–water partition coefficient (Wildman–Crippen LogP) is 16.7. The Morgan fingerprint density at radius 2 is 0.868 bits per heavy atom. The molecule has 0 radical (unpaired) electrons. The smallest absolute Gasteiger partial charge is 0.244 e. The quantitative estimate of drug-likeness (QED) is 0.183. The zero-order valence-corrected chi connectivity index (χ0v) is 36.2. The van der Waals surface area contributed by atoms with E-state index < -0.39 is 34.5 Å². The van der Waals surface area contributed by atoms with E-state index in [1.165, 1.54) is 12.8 Å². The van der Waals surface area contributed by atoms with Crippen LogP contribution in [0.4, 0.5) is 35.1 Å². The summed E-state index contributed by atoms with van der Waals surface area (Å²) in [6.07, 6.45) is 12.4. The Bertz CT molecular complexity index is 982. The summed E-state index contributed by atoms with van der Waals surface area (Å²) in [5, 5.41) is 0. The lowest BCUT2D eigenvalue weighted by atomic mass is 9.70. The molecule has 0 saturated heterocycles. The minimum atomic E-state index is -2.46. The van der Waals surface area contributed by atoms with E-state index >= 15 is 0 Å². The molecule has 0 bridgehead atoms. The van der Waals surface area contributed by atoms with Crippen molar-refractivity contribution in [1.82, 2.24) is 0 Å². The third-order valence-electron chi connectivity index (χ3n) is 11.8. The second kappa shape index (κ2) is 20.7. The van der Waals surface area contributed by atoms with Gasteiger partial charge < -0.3 is 0 Å². The van der Waals surface area contributed by atoms with Crippen molar-refractivity contribution < 1.29 is 35.1 Å². The summed E-state index contributed by atoms with van der Waals surface area (Å²) in [5.41, 5.74) is -2.29. The van der Waals surface area contributed by atoms with Crippen LogP contribution in [0.3, 0.4) is 0 Å².